The SMILES string of the molecule is CCC(C)C(N=Cc1ccccc1P(c1ccccc1)c1ccccc1)C(=O)NNOC. The van der Waals surface area contributed by atoms with Crippen molar-refractivity contribution in [1.29, 1.82) is 0 Å². The first-order chi connectivity index (χ1) is 15.7. The summed E-state index contributed by atoms with van der Waals surface area (Å²) in [6.45, 7) is 4.09. The van der Waals surface area contributed by atoms with Crippen LogP contribution in [0.1, 0.15) is 25.8 Å². The molecule has 1 amide bonds. The molecule has 0 fully saturated rings. The Morgan fingerprint density at radius 2 is 1.53 bits per heavy atom. The summed E-state index contributed by atoms with van der Waals surface area (Å²) in [5.41, 5.74) is 5.98. The lowest BCUT2D eigenvalue weighted by atomic mass is 9.99. The molecule has 3 aromatic rings. The molecule has 0 radical (unpaired) electrons. The second kappa shape index (κ2) is 12.3. The third-order valence-electron chi connectivity index (χ3n) is 5.31. The van der Waals surface area contributed by atoms with Crippen LogP contribution in [0.5, 0.6) is 0 Å². The van der Waals surface area contributed by atoms with Gasteiger partial charge in [0.1, 0.15) is 6.04 Å². The van der Waals surface area contributed by atoms with Crippen molar-refractivity contribution in [3.8, 4) is 0 Å². The molecule has 0 aliphatic rings. The molecule has 0 saturated heterocycles. The van der Waals surface area contributed by atoms with Gasteiger partial charge in [0.25, 0.3) is 5.91 Å². The van der Waals surface area contributed by atoms with E-state index in [9.17, 15) is 4.79 Å². The number of hydrogen-bond acceptors (Lipinski definition) is 4. The Balaban J connectivity index is 2.01. The zero-order chi connectivity index (χ0) is 22.8. The van der Waals surface area contributed by atoms with E-state index in [1.807, 2.05) is 31.3 Å². The van der Waals surface area contributed by atoms with Gasteiger partial charge >= 0.3 is 0 Å². The van der Waals surface area contributed by atoms with E-state index < -0.39 is 14.0 Å². The summed E-state index contributed by atoms with van der Waals surface area (Å²) in [6.07, 6.45) is 2.69. The molecule has 3 aromatic carbocycles. The third-order valence-corrected chi connectivity index (χ3v) is 7.83. The highest BCUT2D eigenvalue weighted by atomic mass is 31.1. The number of nitrogens with one attached hydrogen (secondary N) is 2. The molecule has 0 aromatic heterocycles. The number of hydrazine groups is 1. The predicted octanol–water partition coefficient (Wildman–Crippen LogP) is 3.46. The van der Waals surface area contributed by atoms with Crippen LogP contribution >= 0.6 is 7.92 Å². The molecule has 3 rings (SSSR count). The molecule has 0 aliphatic heterocycles. The summed E-state index contributed by atoms with van der Waals surface area (Å²) in [6, 6.07) is 28.9. The summed E-state index contributed by atoms with van der Waals surface area (Å²) in [5.74, 6) is -0.134. The zero-order valence-electron chi connectivity index (χ0n) is 18.7. The van der Waals surface area contributed by atoms with Gasteiger partial charge in [0, 0.05) is 11.8 Å². The van der Waals surface area contributed by atoms with Crippen molar-refractivity contribution in [3.05, 3.63) is 90.5 Å². The number of carbonyl (C=O) groups excluding carboxylic acids is 1. The molecule has 0 bridgehead atoms. The highest BCUT2D eigenvalue weighted by Crippen LogP contribution is 2.33. The van der Waals surface area contributed by atoms with Crippen molar-refractivity contribution < 1.29 is 9.63 Å². The summed E-state index contributed by atoms with van der Waals surface area (Å²) in [7, 11) is 0.687. The van der Waals surface area contributed by atoms with E-state index in [0.29, 0.717) is 0 Å². The summed E-state index contributed by atoms with van der Waals surface area (Å²) >= 11 is 0. The molecule has 2 unspecified atom stereocenters. The molecule has 32 heavy (non-hydrogen) atoms. The molecule has 166 valence electrons. The van der Waals surface area contributed by atoms with Gasteiger partial charge in [-0.3, -0.25) is 20.1 Å². The van der Waals surface area contributed by atoms with Crippen molar-refractivity contribution in [2.45, 2.75) is 26.3 Å². The lowest BCUT2D eigenvalue weighted by molar-refractivity contribution is -0.128. The highest BCUT2D eigenvalue weighted by Gasteiger charge is 2.23. The van der Waals surface area contributed by atoms with Gasteiger partial charge in [0.15, 0.2) is 0 Å². The van der Waals surface area contributed by atoms with E-state index in [-0.39, 0.29) is 11.8 Å². The van der Waals surface area contributed by atoms with Gasteiger partial charge in [0.2, 0.25) is 0 Å². The lowest BCUT2D eigenvalue weighted by Crippen LogP contribution is -2.44. The highest BCUT2D eigenvalue weighted by molar-refractivity contribution is 7.80. The van der Waals surface area contributed by atoms with Gasteiger partial charge in [-0.1, -0.05) is 105 Å². The Bertz CT molecular complexity index is 972. The molecular formula is C26H30N3O2P. The molecule has 0 aliphatic carbocycles. The maximum Gasteiger partial charge on any atom is 0.260 e. The number of nitrogens with zero attached hydrogens (tertiary/aromatic N) is 1. The maximum atomic E-state index is 12.6. The maximum absolute atomic E-state index is 12.6. The number of benzene rings is 3. The largest absolute Gasteiger partial charge is 0.286 e. The monoisotopic (exact) mass is 447 g/mol. The van der Waals surface area contributed by atoms with Crippen molar-refractivity contribution in [1.82, 2.24) is 11.0 Å². The molecule has 2 atom stereocenters. The Labute approximate surface area is 191 Å². The van der Waals surface area contributed by atoms with E-state index >= 15 is 0 Å². The van der Waals surface area contributed by atoms with Crippen LogP contribution < -0.4 is 26.9 Å². The quantitative estimate of drug-likeness (QED) is 0.284. The Hall–Kier alpha value is -2.85. The zero-order valence-corrected chi connectivity index (χ0v) is 19.6. The van der Waals surface area contributed by atoms with E-state index in [4.69, 9.17) is 9.83 Å². The van der Waals surface area contributed by atoms with Gasteiger partial charge in [-0.25, -0.2) is 0 Å². The van der Waals surface area contributed by atoms with Gasteiger partial charge in [-0.15, -0.1) is 5.59 Å². The molecule has 5 nitrogen and oxygen atoms in total. The van der Waals surface area contributed by atoms with Crippen molar-refractivity contribution >= 4 is 36.0 Å². The van der Waals surface area contributed by atoms with Crippen LogP contribution in [0, 0.1) is 5.92 Å². The second-order valence-electron chi connectivity index (χ2n) is 7.47. The molecular weight excluding hydrogens is 417 g/mol. The minimum atomic E-state index is -0.765. The van der Waals surface area contributed by atoms with Crippen LogP contribution in [0.15, 0.2) is 89.9 Å². The van der Waals surface area contributed by atoms with Crippen LogP contribution in [0.3, 0.4) is 0 Å². The van der Waals surface area contributed by atoms with Crippen molar-refractivity contribution in [2.75, 3.05) is 7.11 Å². The summed E-state index contributed by atoms with van der Waals surface area (Å²) in [5, 5.41) is 3.76. The average Bonchev–Trinajstić information content (AvgIpc) is 2.85. The lowest BCUT2D eigenvalue weighted by Gasteiger charge is -2.22. The number of rotatable bonds is 10. The van der Waals surface area contributed by atoms with Gasteiger partial charge < -0.3 is 0 Å². The van der Waals surface area contributed by atoms with E-state index in [2.05, 4.69) is 84.7 Å². The van der Waals surface area contributed by atoms with Crippen LogP contribution in [0.4, 0.5) is 0 Å². The standard InChI is InChI=1S/C26H30N3O2P/c1-4-20(2)25(26(30)28-29-31-3)27-19-21-13-11-12-18-24(21)32(22-14-7-5-8-15-22)23-16-9-6-10-17-23/h5-20,25,29H,4H2,1-3H3,(H,28,30). The first-order valence-corrected chi connectivity index (χ1v) is 12.1. The van der Waals surface area contributed by atoms with Crippen LogP contribution in [0.2, 0.25) is 0 Å². The molecule has 6 heteroatoms. The first-order valence-electron chi connectivity index (χ1n) is 10.8. The molecule has 2 N–H and O–H groups in total. The number of aliphatic imine (C=N–C) groups is 1. The van der Waals surface area contributed by atoms with Crippen LogP contribution in [-0.4, -0.2) is 25.3 Å². The fourth-order valence-electron chi connectivity index (χ4n) is 3.41. The number of hydrogen-bond donors (Lipinski definition) is 2. The third kappa shape index (κ3) is 6.10. The minimum absolute atomic E-state index is 0.0850. The second-order valence-corrected chi connectivity index (χ2v) is 9.65. The molecule has 0 heterocycles. The summed E-state index contributed by atoms with van der Waals surface area (Å²) in [4.78, 5) is 22.1. The number of amides is 1. The van der Waals surface area contributed by atoms with E-state index in [1.165, 1.54) is 23.0 Å². The fraction of sp³-hybridized carbons (Fsp3) is 0.231. The summed E-state index contributed by atoms with van der Waals surface area (Å²) < 4.78 is 0. The molecule has 0 saturated carbocycles. The van der Waals surface area contributed by atoms with Gasteiger partial charge in [0.05, 0.1) is 7.11 Å². The first kappa shape index (κ1) is 23.8. The van der Waals surface area contributed by atoms with Crippen molar-refractivity contribution in [2.24, 2.45) is 10.9 Å². The Kier molecular flexibility index (Phi) is 9.12. The topological polar surface area (TPSA) is 62.7 Å². The van der Waals surface area contributed by atoms with Gasteiger partial charge in [-0.05, 0) is 29.8 Å². The average molecular weight is 448 g/mol. The minimum Gasteiger partial charge on any atom is -0.286 e. The smallest absolute Gasteiger partial charge is 0.260 e. The molecule has 0 spiro atoms. The van der Waals surface area contributed by atoms with Crippen LogP contribution in [0.25, 0.3) is 0 Å². The van der Waals surface area contributed by atoms with E-state index in [1.54, 1.807) is 0 Å². The fourth-order valence-corrected chi connectivity index (χ4v) is 5.83. The normalized spacial score (nSPS) is 13.2. The van der Waals surface area contributed by atoms with Crippen molar-refractivity contribution in [3.63, 3.8) is 0 Å². The van der Waals surface area contributed by atoms with E-state index in [0.717, 1.165) is 12.0 Å². The number of carbonyl (C=O) groups is 1. The predicted molar refractivity (Wildman–Crippen MR) is 134 cm³/mol. The van der Waals surface area contributed by atoms with Crippen LogP contribution in [-0.2, 0) is 9.63 Å². The Morgan fingerprint density at radius 3 is 2.09 bits per heavy atom. The van der Waals surface area contributed by atoms with Gasteiger partial charge in [-0.2, -0.15) is 0 Å². The Morgan fingerprint density at radius 1 is 0.969 bits per heavy atom.